The van der Waals surface area contributed by atoms with E-state index in [0.717, 1.165) is 15.3 Å². The minimum Gasteiger partial charge on any atom is -0.294 e. The number of halogens is 1. The van der Waals surface area contributed by atoms with Gasteiger partial charge in [-0.3, -0.25) is 9.36 Å². The molecule has 0 fully saturated rings. The van der Waals surface area contributed by atoms with Crippen molar-refractivity contribution in [2.75, 3.05) is 0 Å². The van der Waals surface area contributed by atoms with Crippen molar-refractivity contribution in [1.29, 1.82) is 0 Å². The molecule has 3 rings (SSSR count). The van der Waals surface area contributed by atoms with E-state index in [4.69, 9.17) is 11.6 Å². The normalized spacial score (nSPS) is 11.1. The Morgan fingerprint density at radius 1 is 1.32 bits per heavy atom. The molecule has 0 saturated heterocycles. The van der Waals surface area contributed by atoms with Gasteiger partial charge in [0.15, 0.2) is 0 Å². The van der Waals surface area contributed by atoms with Crippen LogP contribution in [0.1, 0.15) is 10.4 Å². The number of nitrogens with zero attached hydrogens (tertiary/aromatic N) is 2. The number of aryl methyl sites for hydroxylation is 1. The largest absolute Gasteiger partial charge is 0.294 e. The summed E-state index contributed by atoms with van der Waals surface area (Å²) in [6.45, 7) is 2.49. The summed E-state index contributed by atoms with van der Waals surface area (Å²) in [5.41, 5.74) is 1.03. The molecule has 0 atom stereocenters. The molecular weight excluding hydrogens is 280 g/mol. The zero-order valence-corrected chi connectivity index (χ0v) is 11.8. The molecule has 0 aliphatic heterocycles. The minimum absolute atomic E-state index is 0.00398. The van der Waals surface area contributed by atoms with Crippen LogP contribution in [0.2, 0.25) is 5.02 Å². The maximum atomic E-state index is 12.3. The average molecular weight is 291 g/mol. The predicted octanol–water partition coefficient (Wildman–Crippen LogP) is 3.47. The van der Waals surface area contributed by atoms with Gasteiger partial charge in [0.1, 0.15) is 4.83 Å². The smallest absolute Gasteiger partial charge is 0.262 e. The fourth-order valence-corrected chi connectivity index (χ4v) is 2.94. The summed E-state index contributed by atoms with van der Waals surface area (Å²) >= 11 is 7.39. The highest BCUT2D eigenvalue weighted by Crippen LogP contribution is 2.19. The highest BCUT2D eigenvalue weighted by Gasteiger charge is 2.07. The first-order valence-corrected chi connectivity index (χ1v) is 7.03. The van der Waals surface area contributed by atoms with Crippen LogP contribution < -0.4 is 5.56 Å². The summed E-state index contributed by atoms with van der Waals surface area (Å²) in [7, 11) is 0. The van der Waals surface area contributed by atoms with E-state index >= 15 is 0 Å². The molecule has 3 aromatic rings. The topological polar surface area (TPSA) is 34.9 Å². The lowest BCUT2D eigenvalue weighted by molar-refractivity contribution is 0.749. The molecule has 0 aliphatic rings. The highest BCUT2D eigenvalue weighted by molar-refractivity contribution is 7.18. The second-order valence-electron chi connectivity index (χ2n) is 4.38. The summed E-state index contributed by atoms with van der Waals surface area (Å²) in [6.07, 6.45) is 1.61. The molecule has 0 radical (unpaired) electrons. The lowest BCUT2D eigenvalue weighted by Crippen LogP contribution is -2.20. The molecule has 0 bridgehead atoms. The van der Waals surface area contributed by atoms with Crippen LogP contribution in [0, 0.1) is 6.92 Å². The molecule has 0 saturated carbocycles. The molecule has 0 aliphatic carbocycles. The maximum Gasteiger partial charge on any atom is 0.262 e. The second-order valence-corrected chi connectivity index (χ2v) is 6.05. The number of rotatable bonds is 2. The van der Waals surface area contributed by atoms with E-state index in [1.165, 1.54) is 0 Å². The predicted molar refractivity (Wildman–Crippen MR) is 79.2 cm³/mol. The molecule has 1 aromatic carbocycles. The number of hydrogen-bond acceptors (Lipinski definition) is 3. The third-order valence-corrected chi connectivity index (χ3v) is 4.12. The van der Waals surface area contributed by atoms with Crippen molar-refractivity contribution in [1.82, 2.24) is 9.55 Å². The Kier molecular flexibility index (Phi) is 3.12. The molecule has 2 heterocycles. The van der Waals surface area contributed by atoms with Crippen LogP contribution in [0.3, 0.4) is 0 Å². The molecule has 3 nitrogen and oxygen atoms in total. The van der Waals surface area contributed by atoms with Gasteiger partial charge in [-0.1, -0.05) is 23.7 Å². The first-order chi connectivity index (χ1) is 9.13. The van der Waals surface area contributed by atoms with E-state index in [1.807, 2.05) is 37.3 Å². The van der Waals surface area contributed by atoms with Crippen LogP contribution in [0.4, 0.5) is 0 Å². The van der Waals surface area contributed by atoms with Crippen molar-refractivity contribution in [3.63, 3.8) is 0 Å². The third kappa shape index (κ3) is 2.41. The Bertz CT molecular complexity index is 789. The SMILES string of the molecule is Cc1cc2c(=O)n(Cc3ccc(Cl)cc3)cnc2s1. The van der Waals surface area contributed by atoms with Gasteiger partial charge in [-0.25, -0.2) is 4.98 Å². The first kappa shape index (κ1) is 12.4. The fourth-order valence-electron chi connectivity index (χ4n) is 1.98. The van der Waals surface area contributed by atoms with Crippen LogP contribution in [-0.4, -0.2) is 9.55 Å². The molecule has 2 aromatic heterocycles. The minimum atomic E-state index is 0.00398. The Hall–Kier alpha value is -1.65. The molecule has 5 heteroatoms. The summed E-state index contributed by atoms with van der Waals surface area (Å²) in [5, 5.41) is 1.39. The van der Waals surface area contributed by atoms with Crippen LogP contribution in [-0.2, 0) is 6.54 Å². The van der Waals surface area contributed by atoms with E-state index in [0.29, 0.717) is 17.0 Å². The van der Waals surface area contributed by atoms with E-state index in [2.05, 4.69) is 4.98 Å². The van der Waals surface area contributed by atoms with Crippen LogP contribution in [0.5, 0.6) is 0 Å². The Labute approximate surface area is 119 Å². The highest BCUT2D eigenvalue weighted by atomic mass is 35.5. The van der Waals surface area contributed by atoms with Gasteiger partial charge in [-0.2, -0.15) is 0 Å². The zero-order chi connectivity index (χ0) is 13.4. The summed E-state index contributed by atoms with van der Waals surface area (Å²) in [5.74, 6) is 0. The van der Waals surface area contributed by atoms with Gasteiger partial charge in [-0.15, -0.1) is 11.3 Å². The van der Waals surface area contributed by atoms with Gasteiger partial charge in [0.2, 0.25) is 0 Å². The summed E-state index contributed by atoms with van der Waals surface area (Å²) in [4.78, 5) is 18.6. The molecule has 0 amide bonds. The molecule has 19 heavy (non-hydrogen) atoms. The van der Waals surface area contributed by atoms with Crippen molar-refractivity contribution in [2.45, 2.75) is 13.5 Å². The van der Waals surface area contributed by atoms with Crippen molar-refractivity contribution in [3.05, 3.63) is 62.5 Å². The first-order valence-electron chi connectivity index (χ1n) is 5.83. The monoisotopic (exact) mass is 290 g/mol. The Morgan fingerprint density at radius 3 is 2.79 bits per heavy atom. The van der Waals surface area contributed by atoms with Gasteiger partial charge in [0.05, 0.1) is 18.3 Å². The lowest BCUT2D eigenvalue weighted by atomic mass is 10.2. The Balaban J connectivity index is 2.03. The van der Waals surface area contributed by atoms with Crippen LogP contribution >= 0.6 is 22.9 Å². The molecule has 0 unspecified atom stereocenters. The quantitative estimate of drug-likeness (QED) is 0.724. The number of thiophene rings is 1. The summed E-state index contributed by atoms with van der Waals surface area (Å²) < 4.78 is 1.62. The van der Waals surface area contributed by atoms with E-state index < -0.39 is 0 Å². The van der Waals surface area contributed by atoms with Crippen LogP contribution in [0.25, 0.3) is 10.2 Å². The van der Waals surface area contributed by atoms with Gasteiger partial charge in [0.25, 0.3) is 5.56 Å². The van der Waals surface area contributed by atoms with Crippen molar-refractivity contribution >= 4 is 33.2 Å². The number of hydrogen-bond donors (Lipinski definition) is 0. The molecule has 0 N–H and O–H groups in total. The van der Waals surface area contributed by atoms with Crippen LogP contribution in [0.15, 0.2) is 41.5 Å². The number of fused-ring (bicyclic) bond motifs is 1. The van der Waals surface area contributed by atoms with Gasteiger partial charge in [-0.05, 0) is 30.7 Å². The number of benzene rings is 1. The molecule has 0 spiro atoms. The standard InChI is InChI=1S/C14H11ClN2OS/c1-9-6-12-13(19-9)16-8-17(14(12)18)7-10-2-4-11(15)5-3-10/h2-6,8H,7H2,1H3. The van der Waals surface area contributed by atoms with Gasteiger partial charge < -0.3 is 0 Å². The van der Waals surface area contributed by atoms with E-state index in [9.17, 15) is 4.79 Å². The van der Waals surface area contributed by atoms with Crippen molar-refractivity contribution in [2.24, 2.45) is 0 Å². The zero-order valence-electron chi connectivity index (χ0n) is 10.3. The third-order valence-electron chi connectivity index (χ3n) is 2.91. The van der Waals surface area contributed by atoms with E-state index in [-0.39, 0.29) is 5.56 Å². The second kappa shape index (κ2) is 4.79. The number of aromatic nitrogens is 2. The van der Waals surface area contributed by atoms with Crippen molar-refractivity contribution < 1.29 is 0 Å². The van der Waals surface area contributed by atoms with E-state index in [1.54, 1.807) is 22.2 Å². The Morgan fingerprint density at radius 2 is 2.05 bits per heavy atom. The average Bonchev–Trinajstić information content (AvgIpc) is 2.77. The molecular formula is C14H11ClN2OS. The van der Waals surface area contributed by atoms with Crippen molar-refractivity contribution in [3.8, 4) is 0 Å². The van der Waals surface area contributed by atoms with Gasteiger partial charge in [0, 0.05) is 9.90 Å². The maximum absolute atomic E-state index is 12.3. The summed E-state index contributed by atoms with van der Waals surface area (Å²) in [6, 6.07) is 9.37. The van der Waals surface area contributed by atoms with Gasteiger partial charge >= 0.3 is 0 Å². The fraction of sp³-hybridized carbons (Fsp3) is 0.143. The molecule has 96 valence electrons. The lowest BCUT2D eigenvalue weighted by Gasteiger charge is -2.05.